The maximum atomic E-state index is 11.7. The second kappa shape index (κ2) is 9.12. The van der Waals surface area contributed by atoms with E-state index >= 15 is 0 Å². The van der Waals surface area contributed by atoms with Gasteiger partial charge in [-0.05, 0) is 53.1 Å². The molecule has 1 aliphatic carbocycles. The van der Waals surface area contributed by atoms with Crippen LogP contribution in [0.3, 0.4) is 0 Å². The number of esters is 1. The van der Waals surface area contributed by atoms with E-state index in [1.54, 1.807) is 0 Å². The van der Waals surface area contributed by atoms with Crippen molar-refractivity contribution in [3.05, 3.63) is 27.8 Å². The van der Waals surface area contributed by atoms with Crippen LogP contribution in [0.1, 0.15) is 44.9 Å². The monoisotopic (exact) mass is 415 g/mol. The van der Waals surface area contributed by atoms with E-state index in [2.05, 4.69) is 27.9 Å². The Labute approximate surface area is 145 Å². The highest BCUT2D eigenvalue weighted by Crippen LogP contribution is 2.27. The van der Waals surface area contributed by atoms with Crippen molar-refractivity contribution in [2.75, 3.05) is 11.9 Å². The summed E-state index contributed by atoms with van der Waals surface area (Å²) in [6.45, 7) is -0.213. The second-order valence-electron chi connectivity index (χ2n) is 5.76. The van der Waals surface area contributed by atoms with Gasteiger partial charge in [0.05, 0.1) is 0 Å². The van der Waals surface area contributed by atoms with Gasteiger partial charge in [0.1, 0.15) is 0 Å². The van der Waals surface area contributed by atoms with Gasteiger partial charge in [-0.15, -0.1) is 0 Å². The van der Waals surface area contributed by atoms with Gasteiger partial charge in [0.15, 0.2) is 6.61 Å². The molecule has 0 bridgehead atoms. The number of halogens is 1. The minimum absolute atomic E-state index is 0.213. The Balaban J connectivity index is 1.64. The van der Waals surface area contributed by atoms with E-state index in [0.29, 0.717) is 12.3 Å². The summed E-state index contributed by atoms with van der Waals surface area (Å²) in [6, 6.07) is 7.49. The SMILES string of the molecule is O=C(COC(=O)CCC1CCCCC1)Nc1cccc(I)c1. The van der Waals surface area contributed by atoms with Gasteiger partial charge in [-0.1, -0.05) is 38.2 Å². The number of rotatable bonds is 6. The lowest BCUT2D eigenvalue weighted by molar-refractivity contribution is -0.147. The lowest BCUT2D eigenvalue weighted by Crippen LogP contribution is -2.21. The zero-order valence-corrected chi connectivity index (χ0v) is 14.8. The highest BCUT2D eigenvalue weighted by atomic mass is 127. The number of carbonyl (C=O) groups excluding carboxylic acids is 2. The smallest absolute Gasteiger partial charge is 0.306 e. The molecule has 5 heteroatoms. The van der Waals surface area contributed by atoms with Crippen molar-refractivity contribution in [3.8, 4) is 0 Å². The standard InChI is InChI=1S/C17H22INO3/c18-14-7-4-8-15(11-14)19-16(20)12-22-17(21)10-9-13-5-2-1-3-6-13/h4,7-8,11,13H,1-3,5-6,9-10,12H2,(H,19,20). The fourth-order valence-electron chi connectivity index (χ4n) is 2.78. The number of hydrogen-bond acceptors (Lipinski definition) is 3. The van der Waals surface area contributed by atoms with Crippen LogP contribution in [0.25, 0.3) is 0 Å². The van der Waals surface area contributed by atoms with Gasteiger partial charge >= 0.3 is 5.97 Å². The Bertz CT molecular complexity index is 512. The maximum Gasteiger partial charge on any atom is 0.306 e. The van der Waals surface area contributed by atoms with E-state index in [0.717, 1.165) is 15.7 Å². The van der Waals surface area contributed by atoms with Crippen molar-refractivity contribution in [2.24, 2.45) is 5.92 Å². The molecule has 1 amide bonds. The summed E-state index contributed by atoms with van der Waals surface area (Å²) in [5.41, 5.74) is 0.718. The lowest BCUT2D eigenvalue weighted by Gasteiger charge is -2.20. The summed E-state index contributed by atoms with van der Waals surface area (Å²) in [5, 5.41) is 2.72. The molecule has 0 saturated heterocycles. The third-order valence-electron chi connectivity index (χ3n) is 3.95. The largest absolute Gasteiger partial charge is 0.456 e. The highest BCUT2D eigenvalue weighted by Gasteiger charge is 2.16. The lowest BCUT2D eigenvalue weighted by atomic mass is 9.86. The van der Waals surface area contributed by atoms with Gasteiger partial charge in [-0.3, -0.25) is 9.59 Å². The Kier molecular flexibility index (Phi) is 7.15. The van der Waals surface area contributed by atoms with Gasteiger partial charge < -0.3 is 10.1 Å². The summed E-state index contributed by atoms with van der Waals surface area (Å²) in [6.07, 6.45) is 7.62. The Morgan fingerprint density at radius 3 is 2.73 bits per heavy atom. The number of carbonyl (C=O) groups is 2. The Morgan fingerprint density at radius 2 is 2.00 bits per heavy atom. The average molecular weight is 415 g/mol. The van der Waals surface area contributed by atoms with Gasteiger partial charge in [0, 0.05) is 15.7 Å². The van der Waals surface area contributed by atoms with E-state index in [4.69, 9.17) is 4.74 Å². The zero-order valence-electron chi connectivity index (χ0n) is 12.6. The van der Waals surface area contributed by atoms with E-state index in [-0.39, 0.29) is 18.5 Å². The van der Waals surface area contributed by atoms with Crippen molar-refractivity contribution in [1.82, 2.24) is 0 Å². The first-order valence-electron chi connectivity index (χ1n) is 7.84. The molecule has 1 N–H and O–H groups in total. The second-order valence-corrected chi connectivity index (χ2v) is 7.01. The third-order valence-corrected chi connectivity index (χ3v) is 4.63. The minimum Gasteiger partial charge on any atom is -0.456 e. The molecule has 2 rings (SSSR count). The molecule has 1 aromatic rings. The van der Waals surface area contributed by atoms with Crippen LogP contribution in [0.15, 0.2) is 24.3 Å². The number of benzene rings is 1. The molecule has 0 aliphatic heterocycles. The summed E-state index contributed by atoms with van der Waals surface area (Å²) >= 11 is 2.18. The van der Waals surface area contributed by atoms with E-state index in [9.17, 15) is 9.59 Å². The minimum atomic E-state index is -0.298. The number of hydrogen-bond donors (Lipinski definition) is 1. The molecule has 120 valence electrons. The molecule has 1 aliphatic rings. The topological polar surface area (TPSA) is 55.4 Å². The molecule has 0 heterocycles. The van der Waals surface area contributed by atoms with E-state index in [1.807, 2.05) is 24.3 Å². The first kappa shape index (κ1) is 17.2. The molecule has 0 atom stereocenters. The first-order valence-corrected chi connectivity index (χ1v) is 8.92. The number of ether oxygens (including phenoxy) is 1. The summed E-state index contributed by atoms with van der Waals surface area (Å²) in [7, 11) is 0. The first-order chi connectivity index (χ1) is 10.6. The zero-order chi connectivity index (χ0) is 15.8. The fraction of sp³-hybridized carbons (Fsp3) is 0.529. The van der Waals surface area contributed by atoms with Crippen molar-refractivity contribution < 1.29 is 14.3 Å². The predicted molar refractivity (Wildman–Crippen MR) is 94.6 cm³/mol. The maximum absolute atomic E-state index is 11.7. The molecule has 4 nitrogen and oxygen atoms in total. The van der Waals surface area contributed by atoms with Crippen LogP contribution in [-0.2, 0) is 14.3 Å². The summed E-state index contributed by atoms with van der Waals surface area (Å²) in [4.78, 5) is 23.4. The van der Waals surface area contributed by atoms with E-state index in [1.165, 1.54) is 32.1 Å². The normalized spacial score (nSPS) is 15.3. The molecule has 1 saturated carbocycles. The third kappa shape index (κ3) is 6.34. The fourth-order valence-corrected chi connectivity index (χ4v) is 3.32. The van der Waals surface area contributed by atoms with Crippen LogP contribution in [-0.4, -0.2) is 18.5 Å². The summed E-state index contributed by atoms with van der Waals surface area (Å²) in [5.74, 6) is 0.0814. The molecule has 1 fully saturated rings. The van der Waals surface area contributed by atoms with Gasteiger partial charge in [-0.25, -0.2) is 0 Å². The molecule has 0 unspecified atom stereocenters. The Morgan fingerprint density at radius 1 is 1.23 bits per heavy atom. The Hall–Kier alpha value is -1.11. The molecular weight excluding hydrogens is 393 g/mol. The van der Waals surface area contributed by atoms with Crippen LogP contribution in [0.4, 0.5) is 5.69 Å². The number of anilines is 1. The van der Waals surface area contributed by atoms with Crippen LogP contribution in [0.2, 0.25) is 0 Å². The van der Waals surface area contributed by atoms with E-state index < -0.39 is 0 Å². The number of amides is 1. The van der Waals surface area contributed by atoms with Gasteiger partial charge in [0.2, 0.25) is 0 Å². The molecule has 0 aromatic heterocycles. The average Bonchev–Trinajstić information content (AvgIpc) is 2.52. The van der Waals surface area contributed by atoms with Crippen molar-refractivity contribution >= 4 is 40.2 Å². The van der Waals surface area contributed by atoms with Crippen molar-refractivity contribution in [3.63, 3.8) is 0 Å². The van der Waals surface area contributed by atoms with Gasteiger partial charge in [0.25, 0.3) is 5.91 Å². The molecule has 0 spiro atoms. The molecule has 1 aromatic carbocycles. The predicted octanol–water partition coefficient (Wildman–Crippen LogP) is 4.13. The molecule has 22 heavy (non-hydrogen) atoms. The number of nitrogens with one attached hydrogen (secondary N) is 1. The highest BCUT2D eigenvalue weighted by molar-refractivity contribution is 14.1. The van der Waals surface area contributed by atoms with Crippen LogP contribution >= 0.6 is 22.6 Å². The van der Waals surface area contributed by atoms with Gasteiger partial charge in [-0.2, -0.15) is 0 Å². The van der Waals surface area contributed by atoms with Crippen LogP contribution in [0.5, 0.6) is 0 Å². The van der Waals surface area contributed by atoms with Crippen molar-refractivity contribution in [2.45, 2.75) is 44.9 Å². The summed E-state index contributed by atoms with van der Waals surface area (Å²) < 4.78 is 6.09. The van der Waals surface area contributed by atoms with Crippen LogP contribution in [0, 0.1) is 9.49 Å². The quantitative estimate of drug-likeness (QED) is 0.562. The van der Waals surface area contributed by atoms with Crippen LogP contribution < -0.4 is 5.32 Å². The van der Waals surface area contributed by atoms with Crippen molar-refractivity contribution in [1.29, 1.82) is 0 Å². The molecular formula is C17H22INO3. The molecule has 0 radical (unpaired) electrons.